The predicted octanol–water partition coefficient (Wildman–Crippen LogP) is 2.97. The van der Waals surface area contributed by atoms with Gasteiger partial charge in [0.1, 0.15) is 11.5 Å². The van der Waals surface area contributed by atoms with Crippen molar-refractivity contribution < 1.29 is 19.1 Å². The van der Waals surface area contributed by atoms with Crippen LogP contribution < -0.4 is 10.1 Å². The van der Waals surface area contributed by atoms with Gasteiger partial charge in [0.05, 0.1) is 13.2 Å². The predicted molar refractivity (Wildman–Crippen MR) is 79.6 cm³/mol. The van der Waals surface area contributed by atoms with Gasteiger partial charge in [-0.25, -0.2) is 4.79 Å². The molecule has 1 aliphatic heterocycles. The summed E-state index contributed by atoms with van der Waals surface area (Å²) in [4.78, 5) is 10.7. The van der Waals surface area contributed by atoms with E-state index in [0.717, 1.165) is 28.8 Å². The molecule has 0 saturated carbocycles. The van der Waals surface area contributed by atoms with Gasteiger partial charge in [-0.1, -0.05) is 15.9 Å². The SMILES string of the molecule is O=C(O)c1ccc(CNCc2cc(Br)cc3c2OCC3)o1. The monoisotopic (exact) mass is 351 g/mol. The zero-order valence-corrected chi connectivity index (χ0v) is 12.8. The van der Waals surface area contributed by atoms with Crippen LogP contribution in [0.2, 0.25) is 0 Å². The summed E-state index contributed by atoms with van der Waals surface area (Å²) < 4.78 is 11.9. The minimum Gasteiger partial charge on any atom is -0.493 e. The molecule has 2 N–H and O–H groups in total. The van der Waals surface area contributed by atoms with Crippen LogP contribution in [0.3, 0.4) is 0 Å². The number of furan rings is 1. The van der Waals surface area contributed by atoms with Crippen LogP contribution in [0.5, 0.6) is 5.75 Å². The molecule has 0 atom stereocenters. The molecule has 0 amide bonds. The Morgan fingerprint density at radius 1 is 1.33 bits per heavy atom. The van der Waals surface area contributed by atoms with E-state index in [1.165, 1.54) is 11.6 Å². The molecule has 0 radical (unpaired) electrons. The molecular weight excluding hydrogens is 338 g/mol. The van der Waals surface area contributed by atoms with E-state index in [2.05, 4.69) is 27.3 Å². The summed E-state index contributed by atoms with van der Waals surface area (Å²) in [5.74, 6) is 0.453. The molecule has 6 heteroatoms. The second-order valence-electron chi connectivity index (χ2n) is 4.83. The van der Waals surface area contributed by atoms with Crippen molar-refractivity contribution in [3.8, 4) is 5.75 Å². The van der Waals surface area contributed by atoms with Gasteiger partial charge >= 0.3 is 5.97 Å². The Morgan fingerprint density at radius 2 is 2.19 bits per heavy atom. The third-order valence-corrected chi connectivity index (χ3v) is 3.77. The molecule has 0 unspecified atom stereocenters. The highest BCUT2D eigenvalue weighted by molar-refractivity contribution is 9.10. The summed E-state index contributed by atoms with van der Waals surface area (Å²) >= 11 is 3.50. The third-order valence-electron chi connectivity index (χ3n) is 3.31. The van der Waals surface area contributed by atoms with Crippen molar-refractivity contribution in [2.45, 2.75) is 19.5 Å². The summed E-state index contributed by atoms with van der Waals surface area (Å²) in [5.41, 5.74) is 2.30. The number of carboxylic acid groups (broad SMARTS) is 1. The lowest BCUT2D eigenvalue weighted by Crippen LogP contribution is -2.13. The van der Waals surface area contributed by atoms with Gasteiger partial charge in [-0.15, -0.1) is 0 Å². The Hall–Kier alpha value is -1.79. The van der Waals surface area contributed by atoms with Crippen LogP contribution in [0.25, 0.3) is 0 Å². The van der Waals surface area contributed by atoms with Crippen molar-refractivity contribution in [2.75, 3.05) is 6.61 Å². The van der Waals surface area contributed by atoms with Crippen molar-refractivity contribution in [2.24, 2.45) is 0 Å². The average molecular weight is 352 g/mol. The number of aromatic carboxylic acids is 1. The standard InChI is InChI=1S/C15H14BrNO4/c16-11-5-9-3-4-20-14(9)10(6-11)7-17-8-12-1-2-13(21-12)15(18)19/h1-2,5-6,17H,3-4,7-8H2,(H,18,19). The number of rotatable bonds is 5. The molecule has 2 heterocycles. The van der Waals surface area contributed by atoms with Gasteiger partial charge in [0, 0.05) is 23.0 Å². The molecule has 21 heavy (non-hydrogen) atoms. The van der Waals surface area contributed by atoms with Gasteiger partial charge in [0.2, 0.25) is 5.76 Å². The van der Waals surface area contributed by atoms with Gasteiger partial charge in [0.25, 0.3) is 0 Å². The summed E-state index contributed by atoms with van der Waals surface area (Å²) in [7, 11) is 0. The van der Waals surface area contributed by atoms with Crippen molar-refractivity contribution in [3.05, 3.63) is 51.4 Å². The highest BCUT2D eigenvalue weighted by atomic mass is 79.9. The number of nitrogens with one attached hydrogen (secondary N) is 1. The lowest BCUT2D eigenvalue weighted by atomic mass is 10.1. The fraction of sp³-hybridized carbons (Fsp3) is 0.267. The van der Waals surface area contributed by atoms with E-state index in [4.69, 9.17) is 14.3 Å². The molecule has 3 rings (SSSR count). The van der Waals surface area contributed by atoms with E-state index in [9.17, 15) is 4.79 Å². The Balaban J connectivity index is 1.64. The minimum atomic E-state index is -1.06. The summed E-state index contributed by atoms with van der Waals surface area (Å²) in [6.07, 6.45) is 0.932. The Morgan fingerprint density at radius 3 is 2.95 bits per heavy atom. The van der Waals surface area contributed by atoms with Gasteiger partial charge in [-0.2, -0.15) is 0 Å². The summed E-state index contributed by atoms with van der Waals surface area (Å²) in [6.45, 7) is 1.82. The lowest BCUT2D eigenvalue weighted by Gasteiger charge is -2.09. The molecular formula is C15H14BrNO4. The number of fused-ring (bicyclic) bond motifs is 1. The second-order valence-corrected chi connectivity index (χ2v) is 5.74. The average Bonchev–Trinajstić information content (AvgIpc) is 3.06. The third kappa shape index (κ3) is 3.11. The van der Waals surface area contributed by atoms with Crippen LogP contribution in [0.15, 0.2) is 33.2 Å². The molecule has 5 nitrogen and oxygen atoms in total. The van der Waals surface area contributed by atoms with E-state index >= 15 is 0 Å². The summed E-state index contributed by atoms with van der Waals surface area (Å²) in [5, 5.41) is 12.0. The van der Waals surface area contributed by atoms with Gasteiger partial charge in [0.15, 0.2) is 0 Å². The number of carbonyl (C=O) groups is 1. The molecule has 0 saturated heterocycles. The Kier molecular flexibility index (Phi) is 3.98. The molecule has 2 aromatic rings. The minimum absolute atomic E-state index is 0.0431. The first kappa shape index (κ1) is 14.2. The van der Waals surface area contributed by atoms with E-state index in [1.54, 1.807) is 6.07 Å². The largest absolute Gasteiger partial charge is 0.493 e. The number of hydrogen-bond acceptors (Lipinski definition) is 4. The zero-order valence-electron chi connectivity index (χ0n) is 11.2. The number of carboxylic acids is 1. The molecule has 0 fully saturated rings. The normalized spacial score (nSPS) is 13.0. The quantitative estimate of drug-likeness (QED) is 0.866. The number of ether oxygens (including phenoxy) is 1. The molecule has 1 aromatic heterocycles. The van der Waals surface area contributed by atoms with Crippen molar-refractivity contribution >= 4 is 21.9 Å². The van der Waals surface area contributed by atoms with Gasteiger partial charge < -0.3 is 19.6 Å². The molecule has 0 aliphatic carbocycles. The van der Waals surface area contributed by atoms with E-state index < -0.39 is 5.97 Å². The van der Waals surface area contributed by atoms with E-state index in [0.29, 0.717) is 18.8 Å². The first-order chi connectivity index (χ1) is 10.1. The molecule has 1 aliphatic rings. The van der Waals surface area contributed by atoms with Gasteiger partial charge in [-0.3, -0.25) is 0 Å². The van der Waals surface area contributed by atoms with Crippen LogP contribution in [0, 0.1) is 0 Å². The van der Waals surface area contributed by atoms with Crippen molar-refractivity contribution in [1.82, 2.24) is 5.32 Å². The van der Waals surface area contributed by atoms with Gasteiger partial charge in [-0.05, 0) is 29.8 Å². The van der Waals surface area contributed by atoms with Crippen LogP contribution in [-0.4, -0.2) is 17.7 Å². The van der Waals surface area contributed by atoms with E-state index in [-0.39, 0.29) is 5.76 Å². The molecule has 1 aromatic carbocycles. The number of hydrogen-bond donors (Lipinski definition) is 2. The first-order valence-electron chi connectivity index (χ1n) is 6.60. The van der Waals surface area contributed by atoms with Crippen LogP contribution in [0.4, 0.5) is 0 Å². The molecule has 0 spiro atoms. The first-order valence-corrected chi connectivity index (χ1v) is 7.39. The molecule has 0 bridgehead atoms. The van der Waals surface area contributed by atoms with Crippen LogP contribution in [0.1, 0.15) is 27.4 Å². The Labute approximate surface area is 130 Å². The summed E-state index contributed by atoms with van der Waals surface area (Å²) in [6, 6.07) is 7.23. The molecule has 110 valence electrons. The smallest absolute Gasteiger partial charge is 0.371 e. The number of halogens is 1. The van der Waals surface area contributed by atoms with Crippen molar-refractivity contribution in [3.63, 3.8) is 0 Å². The highest BCUT2D eigenvalue weighted by Crippen LogP contribution is 2.32. The zero-order chi connectivity index (χ0) is 14.8. The lowest BCUT2D eigenvalue weighted by molar-refractivity contribution is 0.0660. The maximum atomic E-state index is 10.7. The van der Waals surface area contributed by atoms with Crippen LogP contribution in [-0.2, 0) is 19.5 Å². The second kappa shape index (κ2) is 5.91. The fourth-order valence-electron chi connectivity index (χ4n) is 2.39. The van der Waals surface area contributed by atoms with Crippen LogP contribution >= 0.6 is 15.9 Å². The topological polar surface area (TPSA) is 71.7 Å². The fourth-order valence-corrected chi connectivity index (χ4v) is 2.94. The number of benzene rings is 1. The van der Waals surface area contributed by atoms with Crippen molar-refractivity contribution in [1.29, 1.82) is 0 Å². The van der Waals surface area contributed by atoms with E-state index in [1.807, 2.05) is 6.07 Å². The highest BCUT2D eigenvalue weighted by Gasteiger charge is 2.17. The Bertz CT molecular complexity index is 680. The maximum Gasteiger partial charge on any atom is 0.371 e. The maximum absolute atomic E-state index is 10.7.